The molecule has 1 atom stereocenters. The molecule has 5 nitrogen and oxygen atoms in total. The maximum atomic E-state index is 13.4. The van der Waals surface area contributed by atoms with E-state index in [1.165, 1.54) is 11.1 Å². The molecule has 0 saturated heterocycles. The Morgan fingerprint density at radius 3 is 2.75 bits per heavy atom. The van der Waals surface area contributed by atoms with Gasteiger partial charge in [0.15, 0.2) is 0 Å². The molecule has 0 spiro atoms. The van der Waals surface area contributed by atoms with Crippen molar-refractivity contribution in [3.8, 4) is 5.75 Å². The Labute approximate surface area is 201 Å². The minimum absolute atomic E-state index is 0.0895. The molecule has 1 fully saturated rings. The quantitative estimate of drug-likeness (QED) is 0.334. The third kappa shape index (κ3) is 5.07. The number of hydrogen-bond acceptors (Lipinski definition) is 4. The Kier molecular flexibility index (Phi) is 7.31. The molecule has 0 radical (unpaired) electrons. The molecule has 168 valence electrons. The first-order chi connectivity index (χ1) is 15.5. The van der Waals surface area contributed by atoms with Crippen LogP contribution < -0.4 is 10.3 Å². The zero-order valence-corrected chi connectivity index (χ0v) is 20.7. The highest BCUT2D eigenvalue weighted by molar-refractivity contribution is 9.10. The van der Waals surface area contributed by atoms with E-state index in [-0.39, 0.29) is 17.6 Å². The number of aromatic nitrogens is 2. The average Bonchev–Trinajstić information content (AvgIpc) is 2.80. The number of hydrogen-bond donors (Lipinski definition) is 0. The lowest BCUT2D eigenvalue weighted by molar-refractivity contribution is 0.217. The summed E-state index contributed by atoms with van der Waals surface area (Å²) >= 11 is 9.88. The first-order valence-corrected chi connectivity index (χ1v) is 12.4. The Morgan fingerprint density at radius 2 is 2.03 bits per heavy atom. The molecule has 1 saturated carbocycles. The fraction of sp³-hybridized carbons (Fsp3) is 0.400. The number of benzene rings is 2. The number of ether oxygens (including phenoxy) is 1. The molecule has 3 aromatic rings. The van der Waals surface area contributed by atoms with Gasteiger partial charge in [-0.05, 0) is 68.1 Å². The average molecular weight is 517 g/mol. The van der Waals surface area contributed by atoms with Crippen LogP contribution in [-0.4, -0.2) is 22.0 Å². The number of fused-ring (bicyclic) bond motifs is 1. The monoisotopic (exact) mass is 515 g/mol. The van der Waals surface area contributed by atoms with Gasteiger partial charge in [-0.2, -0.15) is 9.78 Å². The topological polar surface area (TPSA) is 56.5 Å². The van der Waals surface area contributed by atoms with E-state index in [1.807, 2.05) is 31.2 Å². The van der Waals surface area contributed by atoms with Crippen molar-refractivity contribution < 1.29 is 4.74 Å². The van der Waals surface area contributed by atoms with Crippen molar-refractivity contribution in [2.75, 3.05) is 0 Å². The van der Waals surface area contributed by atoms with Crippen molar-refractivity contribution >= 4 is 44.6 Å². The maximum Gasteiger partial charge on any atom is 0.282 e. The Morgan fingerprint density at radius 1 is 1.25 bits per heavy atom. The first-order valence-electron chi connectivity index (χ1n) is 11.2. The number of halogens is 2. The van der Waals surface area contributed by atoms with Gasteiger partial charge in [-0.25, -0.2) is 4.98 Å². The Bertz CT molecular complexity index is 1200. The summed E-state index contributed by atoms with van der Waals surface area (Å²) < 4.78 is 8.16. The highest BCUT2D eigenvalue weighted by Crippen LogP contribution is 2.32. The van der Waals surface area contributed by atoms with Crippen molar-refractivity contribution in [2.24, 2.45) is 5.10 Å². The van der Waals surface area contributed by atoms with E-state index in [4.69, 9.17) is 21.3 Å². The van der Waals surface area contributed by atoms with Crippen LogP contribution in [0.5, 0.6) is 5.75 Å². The largest absolute Gasteiger partial charge is 0.489 e. The lowest BCUT2D eigenvalue weighted by atomic mass is 9.88. The minimum atomic E-state index is -0.157. The molecule has 0 unspecified atom stereocenters. The van der Waals surface area contributed by atoms with Crippen molar-refractivity contribution in [2.45, 2.75) is 64.4 Å². The van der Waals surface area contributed by atoms with Gasteiger partial charge in [0, 0.05) is 10.4 Å². The molecule has 7 heteroatoms. The van der Waals surface area contributed by atoms with E-state index in [1.54, 1.807) is 18.3 Å². The SMILES string of the molecule is CC[C@H](C)Oc1ccc(C=Nn2c(C3CCCCC3)nc3ccc(Br)cc3c2=O)cc1Cl. The second-order valence-electron chi connectivity index (χ2n) is 8.35. The zero-order valence-electron chi connectivity index (χ0n) is 18.4. The third-order valence-electron chi connectivity index (χ3n) is 5.98. The Hall–Kier alpha value is -2.18. The second kappa shape index (κ2) is 10.2. The van der Waals surface area contributed by atoms with E-state index < -0.39 is 0 Å². The zero-order chi connectivity index (χ0) is 22.7. The van der Waals surface area contributed by atoms with Crippen molar-refractivity contribution in [3.05, 3.63) is 67.6 Å². The minimum Gasteiger partial charge on any atom is -0.489 e. The molecule has 1 heterocycles. The van der Waals surface area contributed by atoms with E-state index in [9.17, 15) is 4.79 Å². The summed E-state index contributed by atoms with van der Waals surface area (Å²) in [5, 5.41) is 5.65. The normalized spacial score (nSPS) is 16.0. The van der Waals surface area contributed by atoms with Crippen LogP contribution in [0, 0.1) is 0 Å². The summed E-state index contributed by atoms with van der Waals surface area (Å²) in [6, 6.07) is 11.1. The molecule has 2 aromatic carbocycles. The predicted molar refractivity (Wildman–Crippen MR) is 134 cm³/mol. The molecule has 4 rings (SSSR count). The summed E-state index contributed by atoms with van der Waals surface area (Å²) in [5.41, 5.74) is 1.35. The summed E-state index contributed by atoms with van der Waals surface area (Å²) in [7, 11) is 0. The van der Waals surface area contributed by atoms with Gasteiger partial charge in [0.2, 0.25) is 0 Å². The third-order valence-corrected chi connectivity index (χ3v) is 6.77. The highest BCUT2D eigenvalue weighted by Gasteiger charge is 2.22. The molecule has 0 bridgehead atoms. The summed E-state index contributed by atoms with van der Waals surface area (Å²) in [5.74, 6) is 1.62. The van der Waals surface area contributed by atoms with Crippen LogP contribution in [0.1, 0.15) is 69.7 Å². The van der Waals surface area contributed by atoms with Gasteiger partial charge in [-0.15, -0.1) is 0 Å². The van der Waals surface area contributed by atoms with E-state index in [0.29, 0.717) is 21.7 Å². The highest BCUT2D eigenvalue weighted by atomic mass is 79.9. The van der Waals surface area contributed by atoms with Crippen LogP contribution in [0.2, 0.25) is 5.02 Å². The standard InChI is InChI=1S/C25H27BrClN3O2/c1-3-16(2)32-23-12-9-17(13-21(23)27)15-28-30-24(18-7-5-4-6-8-18)29-22-11-10-19(26)14-20(22)25(30)31/h9-16,18H,3-8H2,1-2H3/t16-/m0/s1. The maximum absolute atomic E-state index is 13.4. The molecule has 0 N–H and O–H groups in total. The summed E-state index contributed by atoms with van der Waals surface area (Å²) in [4.78, 5) is 18.3. The molecule has 0 aliphatic heterocycles. The lowest BCUT2D eigenvalue weighted by Gasteiger charge is -2.22. The summed E-state index contributed by atoms with van der Waals surface area (Å²) in [6.45, 7) is 4.08. The van der Waals surface area contributed by atoms with Crippen molar-refractivity contribution in [1.82, 2.24) is 9.66 Å². The summed E-state index contributed by atoms with van der Waals surface area (Å²) in [6.07, 6.45) is 8.23. The van der Waals surface area contributed by atoms with Crippen LogP contribution >= 0.6 is 27.5 Å². The van der Waals surface area contributed by atoms with Crippen LogP contribution in [-0.2, 0) is 0 Å². The number of nitrogens with zero attached hydrogens (tertiary/aromatic N) is 3. The van der Waals surface area contributed by atoms with Gasteiger partial charge in [0.1, 0.15) is 11.6 Å². The first kappa shape index (κ1) is 23.0. The van der Waals surface area contributed by atoms with Gasteiger partial charge in [0.25, 0.3) is 5.56 Å². The second-order valence-corrected chi connectivity index (χ2v) is 9.68. The fourth-order valence-corrected chi connectivity index (χ4v) is 4.61. The van der Waals surface area contributed by atoms with Gasteiger partial charge in [-0.3, -0.25) is 4.79 Å². The van der Waals surface area contributed by atoms with Crippen molar-refractivity contribution in [1.29, 1.82) is 0 Å². The van der Waals surface area contributed by atoms with Gasteiger partial charge >= 0.3 is 0 Å². The van der Waals surface area contributed by atoms with E-state index in [0.717, 1.165) is 48.0 Å². The smallest absolute Gasteiger partial charge is 0.282 e. The Balaban J connectivity index is 1.74. The molecule has 32 heavy (non-hydrogen) atoms. The molecule has 1 aromatic heterocycles. The van der Waals surface area contributed by atoms with E-state index in [2.05, 4.69) is 28.0 Å². The van der Waals surface area contributed by atoms with Gasteiger partial charge < -0.3 is 4.74 Å². The molecular weight excluding hydrogens is 490 g/mol. The van der Waals surface area contributed by atoms with Crippen LogP contribution in [0.4, 0.5) is 0 Å². The van der Waals surface area contributed by atoms with Crippen molar-refractivity contribution in [3.63, 3.8) is 0 Å². The van der Waals surface area contributed by atoms with Gasteiger partial charge in [-0.1, -0.05) is 53.7 Å². The predicted octanol–water partition coefficient (Wildman–Crippen LogP) is 6.92. The fourth-order valence-electron chi connectivity index (χ4n) is 4.02. The lowest BCUT2D eigenvalue weighted by Crippen LogP contribution is -2.25. The van der Waals surface area contributed by atoms with Gasteiger partial charge in [0.05, 0.1) is 28.2 Å². The number of rotatable bonds is 6. The van der Waals surface area contributed by atoms with Crippen LogP contribution in [0.3, 0.4) is 0 Å². The molecular formula is C25H27BrClN3O2. The van der Waals surface area contributed by atoms with Crippen LogP contribution in [0.15, 0.2) is 50.8 Å². The molecule has 0 amide bonds. The van der Waals surface area contributed by atoms with E-state index >= 15 is 0 Å². The molecule has 1 aliphatic rings. The van der Waals surface area contributed by atoms with Crippen LogP contribution in [0.25, 0.3) is 10.9 Å². The molecule has 1 aliphatic carbocycles.